The molecule has 88 valence electrons. The summed E-state index contributed by atoms with van der Waals surface area (Å²) in [4.78, 5) is 1.88. The van der Waals surface area contributed by atoms with Crippen molar-refractivity contribution in [2.75, 3.05) is 14.1 Å². The van der Waals surface area contributed by atoms with Gasteiger partial charge in [-0.2, -0.15) is 0 Å². The van der Waals surface area contributed by atoms with Gasteiger partial charge in [-0.1, -0.05) is 0 Å². The first-order chi connectivity index (χ1) is 7.42. The molecular formula is C12H17FN2O. The van der Waals surface area contributed by atoms with Gasteiger partial charge in [-0.05, 0) is 39.1 Å². The lowest BCUT2D eigenvalue weighted by molar-refractivity contribution is 0.380. The summed E-state index contributed by atoms with van der Waals surface area (Å²) in [5.74, 6) is -0.184. The number of hydrogen-bond donors (Lipinski definition) is 2. The van der Waals surface area contributed by atoms with E-state index < -0.39 is 5.54 Å². The molecule has 16 heavy (non-hydrogen) atoms. The van der Waals surface area contributed by atoms with Gasteiger partial charge in [-0.15, -0.1) is 0 Å². The molecule has 3 nitrogen and oxygen atoms in total. The highest BCUT2D eigenvalue weighted by molar-refractivity contribution is 5.47. The molecule has 4 heteroatoms. The highest BCUT2D eigenvalue weighted by Crippen LogP contribution is 2.47. The third kappa shape index (κ3) is 2.03. The van der Waals surface area contributed by atoms with Crippen LogP contribution in [0.4, 0.5) is 4.39 Å². The van der Waals surface area contributed by atoms with Crippen LogP contribution in [-0.4, -0.2) is 24.1 Å². The third-order valence-corrected chi connectivity index (χ3v) is 2.97. The summed E-state index contributed by atoms with van der Waals surface area (Å²) in [5.41, 5.74) is 6.63. The molecule has 0 aliphatic heterocycles. The first-order valence-electron chi connectivity index (χ1n) is 5.38. The molecule has 1 fully saturated rings. The van der Waals surface area contributed by atoms with E-state index in [0.29, 0.717) is 17.7 Å². The highest BCUT2D eigenvalue weighted by atomic mass is 19.1. The number of phenols is 1. The Balaban J connectivity index is 2.42. The van der Waals surface area contributed by atoms with Crippen molar-refractivity contribution in [1.82, 2.24) is 4.90 Å². The number of nitrogens with two attached hydrogens (primary N) is 1. The summed E-state index contributed by atoms with van der Waals surface area (Å²) in [7, 11) is 3.75. The van der Waals surface area contributed by atoms with E-state index in [1.54, 1.807) is 0 Å². The van der Waals surface area contributed by atoms with E-state index in [1.807, 2.05) is 19.0 Å². The Morgan fingerprint density at radius 3 is 2.56 bits per heavy atom. The number of aromatic hydroxyl groups is 1. The van der Waals surface area contributed by atoms with Crippen molar-refractivity contribution < 1.29 is 9.50 Å². The van der Waals surface area contributed by atoms with E-state index in [2.05, 4.69) is 0 Å². The molecule has 3 N–H and O–H groups in total. The van der Waals surface area contributed by atoms with E-state index in [-0.39, 0.29) is 11.6 Å². The van der Waals surface area contributed by atoms with Crippen LogP contribution in [0.5, 0.6) is 5.75 Å². The molecule has 1 aliphatic carbocycles. The second kappa shape index (κ2) is 3.71. The minimum atomic E-state index is -0.507. The number of hydrogen-bond acceptors (Lipinski definition) is 3. The predicted octanol–water partition coefficient (Wildman–Crippen LogP) is 1.54. The van der Waals surface area contributed by atoms with Crippen LogP contribution in [0.25, 0.3) is 0 Å². The first kappa shape index (κ1) is 11.4. The van der Waals surface area contributed by atoms with Gasteiger partial charge < -0.3 is 15.7 Å². The third-order valence-electron chi connectivity index (χ3n) is 2.97. The molecule has 1 aromatic carbocycles. The Hall–Kier alpha value is -1.13. The normalized spacial score (nSPS) is 17.8. The fraction of sp³-hybridized carbons (Fsp3) is 0.500. The maximum atomic E-state index is 13.4. The quantitative estimate of drug-likeness (QED) is 0.818. The molecule has 1 aromatic rings. The van der Waals surface area contributed by atoms with Crippen LogP contribution in [0.3, 0.4) is 0 Å². The lowest BCUT2D eigenvalue weighted by Gasteiger charge is -2.17. The number of rotatable bonds is 3. The maximum absolute atomic E-state index is 13.4. The molecule has 0 heterocycles. The summed E-state index contributed by atoms with van der Waals surface area (Å²) in [6.07, 6.45) is 1.62. The Labute approximate surface area is 94.7 Å². The molecule has 0 atom stereocenters. The molecule has 1 saturated carbocycles. The van der Waals surface area contributed by atoms with Gasteiger partial charge in [0.1, 0.15) is 11.6 Å². The molecule has 0 aromatic heterocycles. The lowest BCUT2D eigenvalue weighted by atomic mass is 10.0. The lowest BCUT2D eigenvalue weighted by Crippen LogP contribution is -2.20. The zero-order valence-corrected chi connectivity index (χ0v) is 9.63. The van der Waals surface area contributed by atoms with Crippen molar-refractivity contribution in [2.45, 2.75) is 24.9 Å². The average molecular weight is 224 g/mol. The van der Waals surface area contributed by atoms with Gasteiger partial charge in [0, 0.05) is 23.2 Å². The minimum absolute atomic E-state index is 0.148. The number of phenolic OH excluding ortho intramolecular Hbond substituents is 1. The number of nitrogens with zero attached hydrogens (tertiary/aromatic N) is 1. The van der Waals surface area contributed by atoms with E-state index >= 15 is 0 Å². The van der Waals surface area contributed by atoms with Crippen molar-refractivity contribution in [3.63, 3.8) is 0 Å². The van der Waals surface area contributed by atoms with Crippen LogP contribution in [-0.2, 0) is 12.1 Å². The fourth-order valence-corrected chi connectivity index (χ4v) is 1.90. The second-order valence-corrected chi connectivity index (χ2v) is 4.86. The van der Waals surface area contributed by atoms with Gasteiger partial charge in [0.05, 0.1) is 0 Å². The monoisotopic (exact) mass is 224 g/mol. The zero-order chi connectivity index (χ0) is 11.9. The summed E-state index contributed by atoms with van der Waals surface area (Å²) < 4.78 is 13.4. The Kier molecular flexibility index (Phi) is 2.64. The molecule has 2 rings (SSSR count). The molecule has 0 unspecified atom stereocenters. The Bertz CT molecular complexity index is 414. The van der Waals surface area contributed by atoms with Crippen LogP contribution in [0.1, 0.15) is 24.0 Å². The van der Waals surface area contributed by atoms with Gasteiger partial charge in [-0.3, -0.25) is 0 Å². The van der Waals surface area contributed by atoms with Crippen molar-refractivity contribution in [2.24, 2.45) is 5.73 Å². The van der Waals surface area contributed by atoms with E-state index in [4.69, 9.17) is 5.73 Å². The Morgan fingerprint density at radius 1 is 1.44 bits per heavy atom. The molecule has 0 bridgehead atoms. The Morgan fingerprint density at radius 2 is 2.06 bits per heavy atom. The van der Waals surface area contributed by atoms with Crippen molar-refractivity contribution in [3.05, 3.63) is 29.1 Å². The van der Waals surface area contributed by atoms with E-state index in [1.165, 1.54) is 12.1 Å². The zero-order valence-electron chi connectivity index (χ0n) is 9.63. The van der Waals surface area contributed by atoms with E-state index in [9.17, 15) is 9.50 Å². The second-order valence-electron chi connectivity index (χ2n) is 4.86. The highest BCUT2D eigenvalue weighted by Gasteiger charge is 2.42. The summed E-state index contributed by atoms with van der Waals surface area (Å²) in [6, 6.07) is 2.71. The van der Waals surface area contributed by atoms with Crippen molar-refractivity contribution in [3.8, 4) is 5.75 Å². The average Bonchev–Trinajstić information content (AvgIpc) is 2.90. The van der Waals surface area contributed by atoms with Gasteiger partial charge >= 0.3 is 0 Å². The first-order valence-corrected chi connectivity index (χ1v) is 5.38. The number of benzene rings is 1. The van der Waals surface area contributed by atoms with Crippen LogP contribution < -0.4 is 5.73 Å². The minimum Gasteiger partial charge on any atom is -0.507 e. The predicted molar refractivity (Wildman–Crippen MR) is 60.6 cm³/mol. The van der Waals surface area contributed by atoms with Gasteiger partial charge in [0.15, 0.2) is 0 Å². The van der Waals surface area contributed by atoms with Crippen molar-refractivity contribution in [1.29, 1.82) is 0 Å². The fourth-order valence-electron chi connectivity index (χ4n) is 1.90. The summed E-state index contributed by atoms with van der Waals surface area (Å²) in [6.45, 7) is 0.507. The summed E-state index contributed by atoms with van der Waals surface area (Å²) in [5, 5.41) is 10.1. The number of halogens is 1. The largest absolute Gasteiger partial charge is 0.507 e. The SMILES string of the molecule is CN(C)Cc1cc(F)cc(C2(N)CC2)c1O. The molecule has 0 amide bonds. The maximum Gasteiger partial charge on any atom is 0.125 e. The smallest absolute Gasteiger partial charge is 0.125 e. The van der Waals surface area contributed by atoms with E-state index in [0.717, 1.165) is 12.8 Å². The van der Waals surface area contributed by atoms with Gasteiger partial charge in [-0.25, -0.2) is 4.39 Å². The molecule has 0 radical (unpaired) electrons. The molecule has 1 aliphatic rings. The summed E-state index contributed by atoms with van der Waals surface area (Å²) >= 11 is 0. The van der Waals surface area contributed by atoms with Crippen LogP contribution >= 0.6 is 0 Å². The van der Waals surface area contributed by atoms with Crippen molar-refractivity contribution >= 4 is 0 Å². The standard InChI is InChI=1S/C12H17FN2O/c1-15(2)7-8-5-9(13)6-10(11(8)16)12(14)3-4-12/h5-6,16H,3-4,7,14H2,1-2H3. The van der Waals surface area contributed by atoms with Gasteiger partial charge in [0.2, 0.25) is 0 Å². The molecule has 0 saturated heterocycles. The molecule has 0 spiro atoms. The topological polar surface area (TPSA) is 49.5 Å². The van der Waals surface area contributed by atoms with Crippen LogP contribution in [0.15, 0.2) is 12.1 Å². The van der Waals surface area contributed by atoms with Crippen LogP contribution in [0.2, 0.25) is 0 Å². The van der Waals surface area contributed by atoms with Crippen LogP contribution in [0, 0.1) is 5.82 Å². The molecular weight excluding hydrogens is 207 g/mol. The van der Waals surface area contributed by atoms with Gasteiger partial charge in [0.25, 0.3) is 0 Å².